The Morgan fingerprint density at radius 3 is 2.54 bits per heavy atom. The summed E-state index contributed by atoms with van der Waals surface area (Å²) >= 11 is 0. The van der Waals surface area contributed by atoms with Gasteiger partial charge in [0.15, 0.2) is 0 Å². The molecule has 1 saturated heterocycles. The van der Waals surface area contributed by atoms with Gasteiger partial charge < -0.3 is 20.3 Å². The number of likely N-dealkylation sites (tertiary alicyclic amines) is 1. The largest absolute Gasteiger partial charge is 0.466 e. The molecule has 4 atom stereocenters. The molecule has 0 spiro atoms. The van der Waals surface area contributed by atoms with Crippen LogP contribution in [0.15, 0.2) is 29.5 Å². The van der Waals surface area contributed by atoms with E-state index in [1.54, 1.807) is 0 Å². The summed E-state index contributed by atoms with van der Waals surface area (Å²) in [6, 6.07) is 5.31. The lowest BCUT2D eigenvalue weighted by Gasteiger charge is -2.35. The second-order valence-corrected chi connectivity index (χ2v) is 8.56. The van der Waals surface area contributed by atoms with Gasteiger partial charge in [0.2, 0.25) is 0 Å². The number of hydrogen-bond acceptors (Lipinski definition) is 3. The van der Waals surface area contributed by atoms with E-state index in [9.17, 15) is 9.59 Å². The van der Waals surface area contributed by atoms with E-state index in [1.165, 1.54) is 18.4 Å². The average Bonchev–Trinajstić information content (AvgIpc) is 2.61. The second kappa shape index (κ2) is 8.35. The van der Waals surface area contributed by atoms with E-state index >= 15 is 0 Å². The Balaban J connectivity index is 2.02. The van der Waals surface area contributed by atoms with Gasteiger partial charge >= 0.3 is 12.0 Å². The monoisotopic (exact) mass is 386 g/mol. The fraction of sp³-hybridized carbons (Fsp3) is 0.545. The van der Waals surface area contributed by atoms with Gasteiger partial charge in [-0.25, -0.2) is 9.59 Å². The zero-order chi connectivity index (χ0) is 20.4. The Morgan fingerprint density at radius 1 is 1.21 bits per heavy atom. The number of piperidine rings is 1. The topological polar surface area (TPSA) is 71.9 Å². The number of carbonyl (C=O) groups is 2. The third-order valence-corrected chi connectivity index (χ3v) is 5.81. The molecule has 6 heteroatoms. The Labute approximate surface area is 167 Å². The first-order valence-electron chi connectivity index (χ1n) is 10.1. The highest BCUT2D eigenvalue weighted by atomic mass is 16.5. The first-order chi connectivity index (χ1) is 13.3. The number of ether oxygens (including phenoxy) is 1. The minimum Gasteiger partial charge on any atom is -0.466 e. The van der Waals surface area contributed by atoms with Crippen LogP contribution in [0.25, 0.3) is 0 Å². The first kappa shape index (κ1) is 20.4. The molecular formula is C22H32N3O3+. The second-order valence-electron chi connectivity index (χ2n) is 8.56. The first-order valence-corrected chi connectivity index (χ1v) is 10.1. The number of hydrogen-bond donors (Lipinski definition) is 3. The van der Waals surface area contributed by atoms with Gasteiger partial charge in [0, 0.05) is 11.8 Å². The number of esters is 1. The number of quaternary nitrogens is 1. The number of carbonyl (C=O) groups excluding carboxylic acids is 2. The molecule has 1 aromatic carbocycles. The van der Waals surface area contributed by atoms with Gasteiger partial charge in [0.05, 0.1) is 37.5 Å². The van der Waals surface area contributed by atoms with Crippen LogP contribution < -0.4 is 15.5 Å². The molecule has 1 fully saturated rings. The zero-order valence-electron chi connectivity index (χ0n) is 17.5. The number of methoxy groups -OCH3 is 1. The predicted molar refractivity (Wildman–Crippen MR) is 108 cm³/mol. The quantitative estimate of drug-likeness (QED) is 0.689. The highest BCUT2D eigenvalue weighted by Gasteiger charge is 2.36. The molecule has 0 bridgehead atoms. The predicted octanol–water partition coefficient (Wildman–Crippen LogP) is 1.65. The van der Waals surface area contributed by atoms with Crippen LogP contribution in [0.2, 0.25) is 0 Å². The number of urea groups is 1. The third-order valence-electron chi connectivity index (χ3n) is 5.81. The van der Waals surface area contributed by atoms with E-state index in [1.807, 2.05) is 32.0 Å². The molecule has 1 unspecified atom stereocenters. The Morgan fingerprint density at radius 2 is 1.89 bits per heavy atom. The number of benzene rings is 1. The zero-order valence-corrected chi connectivity index (χ0v) is 17.5. The van der Waals surface area contributed by atoms with Gasteiger partial charge in [-0.1, -0.05) is 37.6 Å². The summed E-state index contributed by atoms with van der Waals surface area (Å²) in [5.74, 6) is 0.868. The molecule has 0 saturated carbocycles. The van der Waals surface area contributed by atoms with E-state index in [-0.39, 0.29) is 6.03 Å². The van der Waals surface area contributed by atoms with E-state index in [0.717, 1.165) is 29.8 Å². The minimum atomic E-state index is -0.505. The molecule has 152 valence electrons. The molecule has 0 aromatic heterocycles. The Hall–Kier alpha value is -2.34. The van der Waals surface area contributed by atoms with Crippen molar-refractivity contribution >= 4 is 12.0 Å². The van der Waals surface area contributed by atoms with Gasteiger partial charge in [-0.3, -0.25) is 0 Å². The molecule has 3 rings (SSSR count). The molecule has 0 aliphatic carbocycles. The van der Waals surface area contributed by atoms with Crippen LogP contribution in [0.4, 0.5) is 4.79 Å². The third kappa shape index (κ3) is 4.38. The normalized spacial score (nSPS) is 27.8. The lowest BCUT2D eigenvalue weighted by molar-refractivity contribution is -0.907. The van der Waals surface area contributed by atoms with Crippen molar-refractivity contribution in [1.29, 1.82) is 0 Å². The summed E-state index contributed by atoms with van der Waals surface area (Å²) in [5.41, 5.74) is 4.24. The summed E-state index contributed by atoms with van der Waals surface area (Å²) in [7, 11) is 1.39. The van der Waals surface area contributed by atoms with Crippen molar-refractivity contribution in [2.24, 2.45) is 11.8 Å². The smallest absolute Gasteiger partial charge is 0.338 e. The maximum Gasteiger partial charge on any atom is 0.338 e. The van der Waals surface area contributed by atoms with Gasteiger partial charge in [0.1, 0.15) is 6.54 Å². The van der Waals surface area contributed by atoms with Crippen molar-refractivity contribution in [1.82, 2.24) is 10.6 Å². The standard InChI is InChI=1S/C22H31N3O3/c1-13-6-7-16(4)17(9-13)20-19(21(26)28-5)18(23-22(27)24-20)12-25-10-14(2)8-15(3)11-25/h6-7,9,14-15,20H,8,10-12H2,1-5H3,(H2,23,24,27)/p+1/t14-,15+,20-/m1/s1. The number of aryl methyl sites for hydroxylation is 2. The fourth-order valence-corrected chi connectivity index (χ4v) is 4.73. The van der Waals surface area contributed by atoms with Crippen LogP contribution >= 0.6 is 0 Å². The molecule has 0 radical (unpaired) electrons. The number of rotatable bonds is 4. The summed E-state index contributed by atoms with van der Waals surface area (Å²) in [6.07, 6.45) is 1.23. The number of nitrogens with one attached hydrogen (secondary N) is 3. The van der Waals surface area contributed by atoms with Crippen molar-refractivity contribution < 1.29 is 19.2 Å². The van der Waals surface area contributed by atoms with Crippen LogP contribution in [0.1, 0.15) is 43.0 Å². The minimum absolute atomic E-state index is 0.272. The molecule has 6 nitrogen and oxygen atoms in total. The molecule has 2 heterocycles. The van der Waals surface area contributed by atoms with Gasteiger partial charge in [-0.05, 0) is 31.4 Å². The number of amides is 2. The maximum absolute atomic E-state index is 12.8. The van der Waals surface area contributed by atoms with Crippen molar-refractivity contribution in [2.75, 3.05) is 26.7 Å². The van der Waals surface area contributed by atoms with Crippen molar-refractivity contribution in [3.8, 4) is 0 Å². The van der Waals surface area contributed by atoms with Crippen molar-refractivity contribution in [2.45, 2.75) is 40.2 Å². The van der Waals surface area contributed by atoms with Crippen molar-refractivity contribution in [3.63, 3.8) is 0 Å². The van der Waals surface area contributed by atoms with Gasteiger partial charge in [-0.2, -0.15) is 0 Å². The molecule has 2 aliphatic rings. The summed E-state index contributed by atoms with van der Waals surface area (Å²) < 4.78 is 5.11. The SMILES string of the molecule is COC(=O)C1=C(C[NH+]2C[C@H](C)C[C@H](C)C2)NC(=O)N[C@@H]1c1cc(C)ccc1C. The van der Waals surface area contributed by atoms with Gasteiger partial charge in [-0.15, -0.1) is 0 Å². The Kier molecular flexibility index (Phi) is 6.08. The van der Waals surface area contributed by atoms with E-state index in [2.05, 4.69) is 24.5 Å². The van der Waals surface area contributed by atoms with Crippen LogP contribution in [0, 0.1) is 25.7 Å². The lowest BCUT2D eigenvalue weighted by Crippen LogP contribution is -3.14. The molecule has 2 amide bonds. The van der Waals surface area contributed by atoms with E-state index in [4.69, 9.17) is 4.74 Å². The molecule has 3 N–H and O–H groups in total. The molecule has 1 aromatic rings. The maximum atomic E-state index is 12.8. The molecule has 28 heavy (non-hydrogen) atoms. The fourth-order valence-electron chi connectivity index (χ4n) is 4.73. The van der Waals surface area contributed by atoms with Gasteiger partial charge in [0.25, 0.3) is 0 Å². The molecular weight excluding hydrogens is 354 g/mol. The van der Waals surface area contributed by atoms with Crippen LogP contribution in [0.3, 0.4) is 0 Å². The highest BCUT2D eigenvalue weighted by molar-refractivity contribution is 5.95. The summed E-state index contributed by atoms with van der Waals surface area (Å²) in [5, 5.41) is 5.83. The van der Waals surface area contributed by atoms with E-state index < -0.39 is 12.0 Å². The van der Waals surface area contributed by atoms with Crippen LogP contribution in [0.5, 0.6) is 0 Å². The Bertz CT molecular complexity index is 792. The van der Waals surface area contributed by atoms with E-state index in [0.29, 0.717) is 29.7 Å². The summed E-state index contributed by atoms with van der Waals surface area (Å²) in [4.78, 5) is 26.6. The van der Waals surface area contributed by atoms with Crippen LogP contribution in [-0.2, 0) is 9.53 Å². The lowest BCUT2D eigenvalue weighted by atomic mass is 9.89. The van der Waals surface area contributed by atoms with Crippen molar-refractivity contribution in [3.05, 3.63) is 46.2 Å². The summed E-state index contributed by atoms with van der Waals surface area (Å²) in [6.45, 7) is 11.2. The molecule has 2 aliphatic heterocycles. The average molecular weight is 387 g/mol. The highest BCUT2D eigenvalue weighted by Crippen LogP contribution is 2.30. The van der Waals surface area contributed by atoms with Crippen LogP contribution in [-0.4, -0.2) is 38.7 Å².